The minimum atomic E-state index is -0.743. The van der Waals surface area contributed by atoms with Crippen LogP contribution in [0.5, 0.6) is 0 Å². The van der Waals surface area contributed by atoms with E-state index in [0.29, 0.717) is 11.5 Å². The van der Waals surface area contributed by atoms with Gasteiger partial charge in [0, 0.05) is 18.8 Å². The van der Waals surface area contributed by atoms with Gasteiger partial charge in [-0.3, -0.25) is 19.0 Å². The zero-order chi connectivity index (χ0) is 21.8. The standard InChI is InChI=1S/C20H17N5O5S/c26-17-6-5-15(16-4-2-10-31-16)23-25(17)8-7-21-18(27)14-11-22-20(29)24(19(14)28)12-13-3-1-9-30-13/h1-6,9-11H,7-8,12H2,(H,21,27)(H,22,29). The Kier molecular flexibility index (Phi) is 5.76. The third-order valence-electron chi connectivity index (χ3n) is 4.45. The summed E-state index contributed by atoms with van der Waals surface area (Å²) in [5.41, 5.74) is -1.27. The average Bonchev–Trinajstić information content (AvgIpc) is 3.47. The van der Waals surface area contributed by atoms with E-state index in [1.54, 1.807) is 18.2 Å². The van der Waals surface area contributed by atoms with Crippen molar-refractivity contribution in [1.29, 1.82) is 0 Å². The summed E-state index contributed by atoms with van der Waals surface area (Å²) in [5.74, 6) is -0.266. The van der Waals surface area contributed by atoms with E-state index in [1.807, 2.05) is 17.5 Å². The van der Waals surface area contributed by atoms with Crippen LogP contribution in [0.1, 0.15) is 16.1 Å². The summed E-state index contributed by atoms with van der Waals surface area (Å²) in [4.78, 5) is 52.4. The first-order valence-corrected chi connectivity index (χ1v) is 10.2. The second-order valence-corrected chi connectivity index (χ2v) is 7.44. The molecule has 31 heavy (non-hydrogen) atoms. The first kappa shape index (κ1) is 20.3. The quantitative estimate of drug-likeness (QED) is 0.440. The van der Waals surface area contributed by atoms with Gasteiger partial charge >= 0.3 is 5.69 Å². The Bertz CT molecular complexity index is 1370. The minimum Gasteiger partial charge on any atom is -0.467 e. The van der Waals surface area contributed by atoms with Crippen LogP contribution in [0.15, 0.2) is 73.0 Å². The number of amides is 1. The maximum absolute atomic E-state index is 12.6. The van der Waals surface area contributed by atoms with E-state index in [9.17, 15) is 19.2 Å². The SMILES string of the molecule is O=C(NCCn1nc(-c2cccs2)ccc1=O)c1c[nH]c(=O)n(Cc2ccco2)c1=O. The number of furan rings is 1. The van der Waals surface area contributed by atoms with E-state index < -0.39 is 17.2 Å². The summed E-state index contributed by atoms with van der Waals surface area (Å²) in [7, 11) is 0. The van der Waals surface area contributed by atoms with Crippen molar-refractivity contribution in [3.05, 3.63) is 96.8 Å². The van der Waals surface area contributed by atoms with Gasteiger partial charge in [-0.2, -0.15) is 5.10 Å². The van der Waals surface area contributed by atoms with E-state index in [0.717, 1.165) is 15.6 Å². The number of thiophene rings is 1. The zero-order valence-electron chi connectivity index (χ0n) is 16.1. The summed E-state index contributed by atoms with van der Waals surface area (Å²) in [6.45, 7) is 0.0845. The topological polar surface area (TPSA) is 132 Å². The fraction of sp³-hybridized carbons (Fsp3) is 0.150. The van der Waals surface area contributed by atoms with Crippen molar-refractivity contribution in [1.82, 2.24) is 24.6 Å². The highest BCUT2D eigenvalue weighted by Gasteiger charge is 2.15. The van der Waals surface area contributed by atoms with Crippen molar-refractivity contribution in [2.24, 2.45) is 0 Å². The highest BCUT2D eigenvalue weighted by molar-refractivity contribution is 7.13. The van der Waals surface area contributed by atoms with E-state index in [2.05, 4.69) is 15.4 Å². The van der Waals surface area contributed by atoms with Crippen LogP contribution in [-0.2, 0) is 13.1 Å². The average molecular weight is 439 g/mol. The molecule has 4 heterocycles. The monoisotopic (exact) mass is 439 g/mol. The molecule has 10 nitrogen and oxygen atoms in total. The predicted octanol–water partition coefficient (Wildman–Crippen LogP) is 0.893. The fourth-order valence-corrected chi connectivity index (χ4v) is 3.60. The maximum atomic E-state index is 12.6. The third-order valence-corrected chi connectivity index (χ3v) is 5.34. The van der Waals surface area contributed by atoms with Crippen LogP contribution in [0.2, 0.25) is 0 Å². The van der Waals surface area contributed by atoms with Gasteiger partial charge < -0.3 is 14.7 Å². The molecule has 4 rings (SSSR count). The molecule has 0 unspecified atom stereocenters. The predicted molar refractivity (Wildman–Crippen MR) is 113 cm³/mol. The lowest BCUT2D eigenvalue weighted by Gasteiger charge is -2.09. The Hall–Kier alpha value is -3.99. The summed E-state index contributed by atoms with van der Waals surface area (Å²) in [6.07, 6.45) is 2.50. The van der Waals surface area contributed by atoms with Gasteiger partial charge in [0.25, 0.3) is 17.0 Å². The summed E-state index contributed by atoms with van der Waals surface area (Å²) in [5, 5.41) is 8.80. The molecule has 0 saturated carbocycles. The Balaban J connectivity index is 1.46. The van der Waals surface area contributed by atoms with Crippen LogP contribution in [0.4, 0.5) is 0 Å². The number of aromatic nitrogens is 4. The molecule has 0 aliphatic carbocycles. The Morgan fingerprint density at radius 2 is 2.03 bits per heavy atom. The molecular formula is C20H17N5O5S. The van der Waals surface area contributed by atoms with Crippen LogP contribution in [-0.4, -0.2) is 31.8 Å². The summed E-state index contributed by atoms with van der Waals surface area (Å²) < 4.78 is 7.28. The molecule has 0 radical (unpaired) electrons. The highest BCUT2D eigenvalue weighted by atomic mass is 32.1. The van der Waals surface area contributed by atoms with Gasteiger partial charge in [-0.15, -0.1) is 11.3 Å². The van der Waals surface area contributed by atoms with Gasteiger partial charge in [-0.1, -0.05) is 6.07 Å². The smallest absolute Gasteiger partial charge is 0.328 e. The number of nitrogens with zero attached hydrogens (tertiary/aromatic N) is 3. The largest absolute Gasteiger partial charge is 0.467 e. The van der Waals surface area contributed by atoms with E-state index in [-0.39, 0.29) is 30.8 Å². The van der Waals surface area contributed by atoms with Crippen molar-refractivity contribution in [3.63, 3.8) is 0 Å². The van der Waals surface area contributed by atoms with Crippen molar-refractivity contribution >= 4 is 17.2 Å². The Morgan fingerprint density at radius 3 is 2.77 bits per heavy atom. The van der Waals surface area contributed by atoms with Gasteiger partial charge in [0.05, 0.1) is 24.2 Å². The molecule has 0 aliphatic heterocycles. The van der Waals surface area contributed by atoms with Crippen molar-refractivity contribution in [3.8, 4) is 10.6 Å². The number of aromatic amines is 1. The number of H-pyrrole nitrogens is 1. The second kappa shape index (κ2) is 8.79. The molecule has 0 bridgehead atoms. The van der Waals surface area contributed by atoms with Crippen LogP contribution in [0.25, 0.3) is 10.6 Å². The first-order valence-electron chi connectivity index (χ1n) is 9.28. The molecule has 0 fully saturated rings. The van der Waals surface area contributed by atoms with Crippen LogP contribution < -0.4 is 22.1 Å². The van der Waals surface area contributed by atoms with Gasteiger partial charge in [0.15, 0.2) is 0 Å². The van der Waals surface area contributed by atoms with Crippen molar-refractivity contribution < 1.29 is 9.21 Å². The molecule has 0 spiro atoms. The van der Waals surface area contributed by atoms with E-state index in [1.165, 1.54) is 28.3 Å². The lowest BCUT2D eigenvalue weighted by Crippen LogP contribution is -2.41. The third kappa shape index (κ3) is 4.46. The molecule has 0 atom stereocenters. The van der Waals surface area contributed by atoms with Gasteiger partial charge in [-0.05, 0) is 29.6 Å². The van der Waals surface area contributed by atoms with E-state index >= 15 is 0 Å². The van der Waals surface area contributed by atoms with Crippen LogP contribution in [0.3, 0.4) is 0 Å². The molecule has 0 aliphatic rings. The molecule has 1 amide bonds. The van der Waals surface area contributed by atoms with Gasteiger partial charge in [-0.25, -0.2) is 9.48 Å². The van der Waals surface area contributed by atoms with Crippen molar-refractivity contribution in [2.75, 3.05) is 6.54 Å². The minimum absolute atomic E-state index is 0.0659. The number of carbonyl (C=O) groups is 1. The number of rotatable bonds is 7. The summed E-state index contributed by atoms with van der Waals surface area (Å²) in [6, 6.07) is 10.1. The number of carbonyl (C=O) groups excluding carboxylic acids is 1. The number of hydrogen-bond donors (Lipinski definition) is 2. The van der Waals surface area contributed by atoms with Gasteiger partial charge in [0.2, 0.25) is 0 Å². The van der Waals surface area contributed by atoms with Gasteiger partial charge in [0.1, 0.15) is 17.0 Å². The second-order valence-electron chi connectivity index (χ2n) is 6.49. The Labute approximate surface area is 178 Å². The first-order chi connectivity index (χ1) is 15.0. The van der Waals surface area contributed by atoms with Crippen LogP contribution in [0, 0.1) is 0 Å². The molecule has 4 aromatic rings. The Morgan fingerprint density at radius 1 is 1.16 bits per heavy atom. The maximum Gasteiger partial charge on any atom is 0.328 e. The molecule has 11 heteroatoms. The zero-order valence-corrected chi connectivity index (χ0v) is 16.9. The molecule has 158 valence electrons. The fourth-order valence-electron chi connectivity index (χ4n) is 2.91. The van der Waals surface area contributed by atoms with E-state index in [4.69, 9.17) is 4.42 Å². The molecule has 0 aromatic carbocycles. The lowest BCUT2D eigenvalue weighted by atomic mass is 10.3. The van der Waals surface area contributed by atoms with Crippen molar-refractivity contribution in [2.45, 2.75) is 13.1 Å². The lowest BCUT2D eigenvalue weighted by molar-refractivity contribution is 0.0949. The molecule has 0 saturated heterocycles. The molecule has 2 N–H and O–H groups in total. The molecule has 4 aromatic heterocycles. The summed E-state index contributed by atoms with van der Waals surface area (Å²) >= 11 is 1.50. The highest BCUT2D eigenvalue weighted by Crippen LogP contribution is 2.20. The normalized spacial score (nSPS) is 10.8. The van der Waals surface area contributed by atoms with Crippen LogP contribution >= 0.6 is 11.3 Å². The molecular weight excluding hydrogens is 422 g/mol. The number of hydrogen-bond acceptors (Lipinski definition) is 7. The number of nitrogens with one attached hydrogen (secondary N) is 2.